The molecule has 0 N–H and O–H groups in total. The third-order valence-electron chi connectivity index (χ3n) is 6.52. The number of nitrogens with zero attached hydrogens (tertiary/aromatic N) is 6. The van der Waals surface area contributed by atoms with Crippen LogP contribution in [0.2, 0.25) is 0 Å². The predicted octanol–water partition coefficient (Wildman–Crippen LogP) is 1.94. The summed E-state index contributed by atoms with van der Waals surface area (Å²) in [6.45, 7) is 4.10. The molecule has 1 aliphatic rings. The number of hydrogen-bond donors (Lipinski definition) is 0. The molecule has 0 spiro atoms. The lowest BCUT2D eigenvalue weighted by Gasteiger charge is -2.35. The van der Waals surface area contributed by atoms with Crippen LogP contribution in [-0.2, 0) is 27.2 Å². The summed E-state index contributed by atoms with van der Waals surface area (Å²) >= 11 is 0. The fourth-order valence-corrected chi connectivity index (χ4v) is 4.57. The van der Waals surface area contributed by atoms with Crippen molar-refractivity contribution in [3.63, 3.8) is 0 Å². The SMILES string of the molecule is Cn1c(=O)c2c(nc(N3CCN(Cc4ccccc4)CC3)n2Cc2ccccc2F)n(C)c1=O. The van der Waals surface area contributed by atoms with Crippen LogP contribution in [0.1, 0.15) is 11.1 Å². The van der Waals surface area contributed by atoms with E-state index in [1.807, 2.05) is 18.2 Å². The smallest absolute Gasteiger partial charge is 0.332 e. The molecule has 1 fully saturated rings. The molecular formula is C25H27FN6O2. The molecule has 8 nitrogen and oxygen atoms in total. The fraction of sp³-hybridized carbons (Fsp3) is 0.320. The van der Waals surface area contributed by atoms with Crippen LogP contribution in [0.3, 0.4) is 0 Å². The topological polar surface area (TPSA) is 68.3 Å². The molecule has 0 radical (unpaired) electrons. The Balaban J connectivity index is 1.52. The Morgan fingerprint density at radius 1 is 0.853 bits per heavy atom. The van der Waals surface area contributed by atoms with Gasteiger partial charge in [-0.3, -0.25) is 23.4 Å². The zero-order chi connectivity index (χ0) is 23.8. The first-order valence-electron chi connectivity index (χ1n) is 11.3. The Morgan fingerprint density at radius 3 is 2.24 bits per heavy atom. The van der Waals surface area contributed by atoms with E-state index < -0.39 is 11.2 Å². The second kappa shape index (κ2) is 8.90. The average Bonchev–Trinajstić information content (AvgIpc) is 3.23. The zero-order valence-corrected chi connectivity index (χ0v) is 19.3. The minimum Gasteiger partial charge on any atom is -0.340 e. The van der Waals surface area contributed by atoms with Gasteiger partial charge in [-0.15, -0.1) is 0 Å². The van der Waals surface area contributed by atoms with Crippen LogP contribution in [0, 0.1) is 5.82 Å². The third kappa shape index (κ3) is 3.92. The van der Waals surface area contributed by atoms with E-state index in [9.17, 15) is 14.0 Å². The first-order valence-corrected chi connectivity index (χ1v) is 11.3. The summed E-state index contributed by atoms with van der Waals surface area (Å²) in [6, 6.07) is 16.9. The van der Waals surface area contributed by atoms with Crippen molar-refractivity contribution in [3.8, 4) is 0 Å². The Hall–Kier alpha value is -3.72. The van der Waals surface area contributed by atoms with Gasteiger partial charge in [0, 0.05) is 52.4 Å². The highest BCUT2D eigenvalue weighted by atomic mass is 19.1. The molecule has 9 heteroatoms. The minimum atomic E-state index is -0.438. The first kappa shape index (κ1) is 22.1. The zero-order valence-electron chi connectivity index (χ0n) is 19.3. The van der Waals surface area contributed by atoms with Crippen LogP contribution in [0.25, 0.3) is 11.2 Å². The van der Waals surface area contributed by atoms with E-state index in [-0.39, 0.29) is 12.4 Å². The van der Waals surface area contributed by atoms with E-state index in [1.165, 1.54) is 23.2 Å². The molecule has 2 aromatic carbocycles. The molecule has 0 amide bonds. The maximum Gasteiger partial charge on any atom is 0.332 e. The van der Waals surface area contributed by atoms with E-state index in [4.69, 9.17) is 4.98 Å². The Labute approximate surface area is 196 Å². The Bertz CT molecular complexity index is 1450. The third-order valence-corrected chi connectivity index (χ3v) is 6.52. The monoisotopic (exact) mass is 462 g/mol. The summed E-state index contributed by atoms with van der Waals surface area (Å²) in [5, 5.41) is 0. The number of imidazole rings is 1. The first-order chi connectivity index (χ1) is 16.4. The van der Waals surface area contributed by atoms with Crippen molar-refractivity contribution in [1.82, 2.24) is 23.6 Å². The molecule has 34 heavy (non-hydrogen) atoms. The van der Waals surface area contributed by atoms with Gasteiger partial charge in [-0.2, -0.15) is 4.98 Å². The van der Waals surface area contributed by atoms with Crippen molar-refractivity contribution in [2.24, 2.45) is 14.1 Å². The number of rotatable bonds is 5. The van der Waals surface area contributed by atoms with Crippen molar-refractivity contribution < 1.29 is 4.39 Å². The van der Waals surface area contributed by atoms with Crippen molar-refractivity contribution in [1.29, 1.82) is 0 Å². The van der Waals surface area contributed by atoms with Crippen molar-refractivity contribution in [2.45, 2.75) is 13.1 Å². The fourth-order valence-electron chi connectivity index (χ4n) is 4.57. The van der Waals surface area contributed by atoms with E-state index in [2.05, 4.69) is 21.9 Å². The van der Waals surface area contributed by atoms with Gasteiger partial charge in [-0.1, -0.05) is 48.5 Å². The summed E-state index contributed by atoms with van der Waals surface area (Å²) in [5.74, 6) is 0.237. The van der Waals surface area contributed by atoms with E-state index in [0.29, 0.717) is 35.8 Å². The largest absolute Gasteiger partial charge is 0.340 e. The molecule has 176 valence electrons. The molecule has 4 aromatic rings. The molecule has 3 heterocycles. The van der Waals surface area contributed by atoms with Crippen molar-refractivity contribution in [3.05, 3.63) is 92.4 Å². The highest BCUT2D eigenvalue weighted by Gasteiger charge is 2.26. The predicted molar refractivity (Wildman–Crippen MR) is 130 cm³/mol. The van der Waals surface area contributed by atoms with E-state index >= 15 is 0 Å². The van der Waals surface area contributed by atoms with Gasteiger partial charge in [0.15, 0.2) is 11.2 Å². The summed E-state index contributed by atoms with van der Waals surface area (Å²) in [6.07, 6.45) is 0. The number of anilines is 1. The molecular weight excluding hydrogens is 435 g/mol. The molecule has 0 saturated carbocycles. The molecule has 0 unspecified atom stereocenters. The van der Waals surface area contributed by atoms with Crippen LogP contribution < -0.4 is 16.1 Å². The molecule has 2 aromatic heterocycles. The maximum absolute atomic E-state index is 14.5. The average molecular weight is 463 g/mol. The van der Waals surface area contributed by atoms with Crippen LogP contribution in [0.15, 0.2) is 64.2 Å². The quantitative estimate of drug-likeness (QED) is 0.454. The van der Waals surface area contributed by atoms with Gasteiger partial charge >= 0.3 is 5.69 Å². The molecule has 0 aliphatic carbocycles. The van der Waals surface area contributed by atoms with Gasteiger partial charge in [0.25, 0.3) is 5.56 Å². The summed E-state index contributed by atoms with van der Waals surface area (Å²) in [7, 11) is 3.05. The number of piperazine rings is 1. The maximum atomic E-state index is 14.5. The second-order valence-electron chi connectivity index (χ2n) is 8.72. The van der Waals surface area contributed by atoms with Gasteiger partial charge in [-0.05, 0) is 11.6 Å². The minimum absolute atomic E-state index is 0.149. The highest BCUT2D eigenvalue weighted by molar-refractivity contribution is 5.75. The Kier molecular flexibility index (Phi) is 5.79. The number of benzene rings is 2. The molecule has 0 bridgehead atoms. The normalized spacial score (nSPS) is 14.7. The van der Waals surface area contributed by atoms with Crippen molar-refractivity contribution in [2.75, 3.05) is 31.1 Å². The van der Waals surface area contributed by atoms with Gasteiger partial charge in [0.2, 0.25) is 5.95 Å². The summed E-state index contributed by atoms with van der Waals surface area (Å²) in [4.78, 5) is 34.9. The second-order valence-corrected chi connectivity index (χ2v) is 8.72. The van der Waals surface area contributed by atoms with E-state index in [1.54, 1.807) is 29.8 Å². The lowest BCUT2D eigenvalue weighted by atomic mass is 10.2. The molecule has 0 atom stereocenters. The van der Waals surface area contributed by atoms with Gasteiger partial charge in [0.05, 0.1) is 6.54 Å². The number of fused-ring (bicyclic) bond motifs is 1. The standard InChI is InChI=1S/C25H27FN6O2/c1-28-22-21(23(33)29(2)25(28)34)32(17-19-10-6-7-11-20(19)26)24(27-22)31-14-12-30(13-15-31)16-18-8-4-3-5-9-18/h3-11H,12-17H2,1-2H3. The van der Waals surface area contributed by atoms with Gasteiger partial charge in [-0.25, -0.2) is 9.18 Å². The molecule has 1 aliphatic heterocycles. The van der Waals surface area contributed by atoms with Gasteiger partial charge < -0.3 is 4.90 Å². The molecule has 5 rings (SSSR count). The Morgan fingerprint density at radius 2 is 1.53 bits per heavy atom. The number of aryl methyl sites for hydroxylation is 1. The number of hydrogen-bond acceptors (Lipinski definition) is 5. The van der Waals surface area contributed by atoms with Crippen LogP contribution in [0.5, 0.6) is 0 Å². The highest BCUT2D eigenvalue weighted by Crippen LogP contribution is 2.23. The lowest BCUT2D eigenvalue weighted by molar-refractivity contribution is 0.248. The van der Waals surface area contributed by atoms with Crippen LogP contribution in [-0.4, -0.2) is 49.8 Å². The molecule has 1 saturated heterocycles. The lowest BCUT2D eigenvalue weighted by Crippen LogP contribution is -2.47. The van der Waals surface area contributed by atoms with Crippen LogP contribution in [0.4, 0.5) is 10.3 Å². The van der Waals surface area contributed by atoms with Crippen molar-refractivity contribution >= 4 is 17.1 Å². The summed E-state index contributed by atoms with van der Waals surface area (Å²) < 4.78 is 18.7. The van der Waals surface area contributed by atoms with E-state index in [0.717, 1.165) is 24.2 Å². The van der Waals surface area contributed by atoms with Gasteiger partial charge in [0.1, 0.15) is 5.82 Å². The van der Waals surface area contributed by atoms with Crippen LogP contribution >= 0.6 is 0 Å². The summed E-state index contributed by atoms with van der Waals surface area (Å²) in [5.41, 5.74) is 1.46. The number of halogens is 1. The number of aromatic nitrogens is 4.